The number of hydrogen-bond acceptors (Lipinski definition) is 5. The minimum atomic E-state index is -0.724. The molecule has 1 saturated heterocycles. The molecule has 1 fully saturated rings. The summed E-state index contributed by atoms with van der Waals surface area (Å²) in [6.45, 7) is 16.1. The Labute approximate surface area is 154 Å². The molecular weight excluding hydrogens is 316 g/mol. The molecule has 6 heteroatoms. The van der Waals surface area contributed by atoms with Crippen molar-refractivity contribution in [1.82, 2.24) is 19.6 Å². The van der Waals surface area contributed by atoms with E-state index in [2.05, 4.69) is 54.5 Å². The molecule has 1 aliphatic rings. The lowest BCUT2D eigenvalue weighted by Crippen LogP contribution is -2.43. The summed E-state index contributed by atoms with van der Waals surface area (Å²) in [6, 6.07) is 0. The second-order valence-electron chi connectivity index (χ2n) is 8.82. The average Bonchev–Trinajstić information content (AvgIpc) is 2.47. The molecule has 0 atom stereocenters. The molecule has 1 aliphatic heterocycles. The molecule has 1 N–H and O–H groups in total. The summed E-state index contributed by atoms with van der Waals surface area (Å²) < 4.78 is 0. The Kier molecular flexibility index (Phi) is 9.94. The highest BCUT2D eigenvalue weighted by Crippen LogP contribution is 2.15. The van der Waals surface area contributed by atoms with Crippen LogP contribution in [0.25, 0.3) is 0 Å². The molecule has 25 heavy (non-hydrogen) atoms. The standard InChI is InChI=1S/C19H40N4O2/c1-19(2,3)17-23-11-7-9-21(5)13-12-20(4)8-6-10-22(14-15-23)16-18(24)25/h6-17H2,1-5H3,(H,24,25). The fourth-order valence-electron chi connectivity index (χ4n) is 3.38. The van der Waals surface area contributed by atoms with Crippen LogP contribution >= 0.6 is 0 Å². The van der Waals surface area contributed by atoms with E-state index in [0.717, 1.165) is 71.7 Å². The van der Waals surface area contributed by atoms with Gasteiger partial charge in [0.15, 0.2) is 0 Å². The maximum Gasteiger partial charge on any atom is 0.317 e. The number of carboxylic acid groups (broad SMARTS) is 1. The maximum atomic E-state index is 11.2. The summed E-state index contributed by atoms with van der Waals surface area (Å²) in [5, 5.41) is 9.20. The van der Waals surface area contributed by atoms with E-state index < -0.39 is 5.97 Å². The summed E-state index contributed by atoms with van der Waals surface area (Å²) in [4.78, 5) is 20.6. The molecule has 0 aliphatic carbocycles. The van der Waals surface area contributed by atoms with Crippen LogP contribution in [-0.2, 0) is 4.79 Å². The lowest BCUT2D eigenvalue weighted by atomic mass is 9.96. The van der Waals surface area contributed by atoms with Gasteiger partial charge in [-0.15, -0.1) is 0 Å². The molecular formula is C19H40N4O2. The number of rotatable bonds is 3. The molecule has 0 bridgehead atoms. The Morgan fingerprint density at radius 2 is 1.28 bits per heavy atom. The molecule has 0 aromatic carbocycles. The van der Waals surface area contributed by atoms with Crippen LogP contribution < -0.4 is 0 Å². The van der Waals surface area contributed by atoms with Gasteiger partial charge in [-0.3, -0.25) is 9.69 Å². The number of aliphatic carboxylic acids is 1. The second kappa shape index (κ2) is 11.1. The van der Waals surface area contributed by atoms with Crippen molar-refractivity contribution in [3.8, 4) is 0 Å². The van der Waals surface area contributed by atoms with E-state index in [0.29, 0.717) is 0 Å². The minimum Gasteiger partial charge on any atom is -0.480 e. The predicted molar refractivity (Wildman–Crippen MR) is 104 cm³/mol. The van der Waals surface area contributed by atoms with Crippen molar-refractivity contribution in [2.24, 2.45) is 5.41 Å². The first-order chi connectivity index (χ1) is 11.7. The SMILES string of the molecule is CN1CCCN(CC(=O)O)CCN(CC(C)(C)C)CCCN(C)CC1. The van der Waals surface area contributed by atoms with Crippen molar-refractivity contribution in [3.63, 3.8) is 0 Å². The van der Waals surface area contributed by atoms with E-state index in [1.807, 2.05) is 0 Å². The average molecular weight is 357 g/mol. The smallest absolute Gasteiger partial charge is 0.317 e. The molecule has 0 saturated carbocycles. The van der Waals surface area contributed by atoms with Gasteiger partial charge in [-0.2, -0.15) is 0 Å². The Balaban J connectivity index is 2.69. The highest BCUT2D eigenvalue weighted by Gasteiger charge is 2.18. The maximum absolute atomic E-state index is 11.2. The first kappa shape index (κ1) is 22.4. The summed E-state index contributed by atoms with van der Waals surface area (Å²) in [6.07, 6.45) is 2.18. The Morgan fingerprint density at radius 1 is 0.800 bits per heavy atom. The summed E-state index contributed by atoms with van der Waals surface area (Å²) in [5.74, 6) is -0.724. The first-order valence-electron chi connectivity index (χ1n) is 9.69. The number of carbonyl (C=O) groups is 1. The molecule has 0 aromatic heterocycles. The van der Waals surface area contributed by atoms with Crippen LogP contribution in [-0.4, -0.2) is 110 Å². The highest BCUT2D eigenvalue weighted by molar-refractivity contribution is 5.69. The van der Waals surface area contributed by atoms with Gasteiger partial charge in [0.25, 0.3) is 0 Å². The van der Waals surface area contributed by atoms with Crippen molar-refractivity contribution < 1.29 is 9.90 Å². The number of carboxylic acids is 1. The molecule has 148 valence electrons. The largest absolute Gasteiger partial charge is 0.480 e. The van der Waals surface area contributed by atoms with Gasteiger partial charge in [0.05, 0.1) is 6.54 Å². The van der Waals surface area contributed by atoms with Crippen molar-refractivity contribution in [3.05, 3.63) is 0 Å². The van der Waals surface area contributed by atoms with Crippen LogP contribution in [0.5, 0.6) is 0 Å². The summed E-state index contributed by atoms with van der Waals surface area (Å²) >= 11 is 0. The molecule has 0 radical (unpaired) electrons. The molecule has 0 amide bonds. The zero-order valence-corrected chi connectivity index (χ0v) is 17.1. The quantitative estimate of drug-likeness (QED) is 0.824. The van der Waals surface area contributed by atoms with Gasteiger partial charge in [0, 0.05) is 39.3 Å². The Bertz CT molecular complexity index is 384. The van der Waals surface area contributed by atoms with Crippen molar-refractivity contribution in [1.29, 1.82) is 0 Å². The zero-order valence-electron chi connectivity index (χ0n) is 17.1. The van der Waals surface area contributed by atoms with Gasteiger partial charge in [-0.05, 0) is 52.0 Å². The lowest BCUT2D eigenvalue weighted by Gasteiger charge is -2.33. The molecule has 1 rings (SSSR count). The van der Waals surface area contributed by atoms with Crippen LogP contribution in [0.4, 0.5) is 0 Å². The van der Waals surface area contributed by atoms with Crippen LogP contribution in [0, 0.1) is 5.41 Å². The van der Waals surface area contributed by atoms with Crippen molar-refractivity contribution >= 4 is 5.97 Å². The summed E-state index contributed by atoms with van der Waals surface area (Å²) in [5.41, 5.74) is 0.262. The third-order valence-electron chi connectivity index (χ3n) is 4.68. The van der Waals surface area contributed by atoms with Crippen LogP contribution in [0.2, 0.25) is 0 Å². The third kappa shape index (κ3) is 11.5. The van der Waals surface area contributed by atoms with Gasteiger partial charge in [0.1, 0.15) is 0 Å². The van der Waals surface area contributed by atoms with Gasteiger partial charge < -0.3 is 19.8 Å². The molecule has 1 heterocycles. The van der Waals surface area contributed by atoms with E-state index in [-0.39, 0.29) is 12.0 Å². The Hall–Kier alpha value is -0.690. The van der Waals surface area contributed by atoms with Crippen molar-refractivity contribution in [2.75, 3.05) is 79.5 Å². The monoisotopic (exact) mass is 356 g/mol. The van der Waals surface area contributed by atoms with Gasteiger partial charge in [-0.1, -0.05) is 20.8 Å². The van der Waals surface area contributed by atoms with E-state index in [4.69, 9.17) is 0 Å². The highest BCUT2D eigenvalue weighted by atomic mass is 16.4. The van der Waals surface area contributed by atoms with Gasteiger partial charge in [0.2, 0.25) is 0 Å². The first-order valence-corrected chi connectivity index (χ1v) is 9.69. The normalized spacial score (nSPS) is 22.6. The fraction of sp³-hybridized carbons (Fsp3) is 0.947. The Morgan fingerprint density at radius 3 is 1.76 bits per heavy atom. The molecule has 0 spiro atoms. The minimum absolute atomic E-state index is 0.149. The summed E-state index contributed by atoms with van der Waals surface area (Å²) in [7, 11) is 4.37. The second-order valence-corrected chi connectivity index (χ2v) is 8.82. The van der Waals surface area contributed by atoms with E-state index in [1.165, 1.54) is 0 Å². The fourth-order valence-corrected chi connectivity index (χ4v) is 3.38. The topological polar surface area (TPSA) is 50.3 Å². The van der Waals surface area contributed by atoms with Crippen molar-refractivity contribution in [2.45, 2.75) is 33.6 Å². The number of likely N-dealkylation sites (N-methyl/N-ethyl adjacent to an activating group) is 2. The van der Waals surface area contributed by atoms with Crippen LogP contribution in [0.3, 0.4) is 0 Å². The van der Waals surface area contributed by atoms with Crippen LogP contribution in [0.1, 0.15) is 33.6 Å². The zero-order chi connectivity index (χ0) is 18.9. The number of nitrogens with zero attached hydrogens (tertiary/aromatic N) is 4. The predicted octanol–water partition coefficient (Wildman–Crippen LogP) is 1.38. The molecule has 6 nitrogen and oxygen atoms in total. The molecule has 0 unspecified atom stereocenters. The van der Waals surface area contributed by atoms with E-state index in [1.54, 1.807) is 0 Å². The van der Waals surface area contributed by atoms with Gasteiger partial charge >= 0.3 is 5.97 Å². The van der Waals surface area contributed by atoms with E-state index >= 15 is 0 Å². The molecule has 0 aromatic rings. The number of hydrogen-bond donors (Lipinski definition) is 1. The van der Waals surface area contributed by atoms with E-state index in [9.17, 15) is 9.90 Å². The third-order valence-corrected chi connectivity index (χ3v) is 4.68. The van der Waals surface area contributed by atoms with Gasteiger partial charge in [-0.25, -0.2) is 0 Å². The van der Waals surface area contributed by atoms with Crippen LogP contribution in [0.15, 0.2) is 0 Å². The lowest BCUT2D eigenvalue weighted by molar-refractivity contribution is -0.138.